The first-order valence-electron chi connectivity index (χ1n) is 13.4. The summed E-state index contributed by atoms with van der Waals surface area (Å²) in [5.41, 5.74) is -1.02. The standard InChI is InChI=1S/C33H40O4/c1-8-9-18-33(7,31(2,3)4)30(35)36-20-19-32(5,6)37-29(34)26-21-24-14-10-12-22-16-17-23-13-11-15-25(26)28(23)27(22)24/h10-17,21H,8-9,18-20H2,1-7H3. The molecule has 4 nitrogen and oxygen atoms in total. The molecule has 0 fully saturated rings. The number of hydrogen-bond acceptors (Lipinski definition) is 4. The molecule has 0 aliphatic rings. The Hall–Kier alpha value is -3.14. The van der Waals surface area contributed by atoms with Gasteiger partial charge in [-0.15, -0.1) is 0 Å². The molecule has 0 N–H and O–H groups in total. The first-order valence-corrected chi connectivity index (χ1v) is 13.4. The van der Waals surface area contributed by atoms with E-state index < -0.39 is 11.0 Å². The van der Waals surface area contributed by atoms with Crippen molar-refractivity contribution in [2.24, 2.45) is 10.8 Å². The van der Waals surface area contributed by atoms with Crippen molar-refractivity contribution in [1.29, 1.82) is 0 Å². The molecule has 1 unspecified atom stereocenters. The Kier molecular flexibility index (Phi) is 7.25. The number of carbonyl (C=O) groups excluding carboxylic acids is 2. The summed E-state index contributed by atoms with van der Waals surface area (Å²) in [5.74, 6) is -0.542. The van der Waals surface area contributed by atoms with Gasteiger partial charge in [-0.3, -0.25) is 4.79 Å². The van der Waals surface area contributed by atoms with Gasteiger partial charge in [0.05, 0.1) is 17.6 Å². The second-order valence-corrected chi connectivity index (χ2v) is 12.2. The van der Waals surface area contributed by atoms with Crippen LogP contribution in [-0.2, 0) is 14.3 Å². The Bertz CT molecular complexity index is 1430. The maximum atomic E-state index is 13.5. The Morgan fingerprint density at radius 2 is 1.41 bits per heavy atom. The van der Waals surface area contributed by atoms with Gasteiger partial charge in [0.2, 0.25) is 0 Å². The predicted octanol–water partition coefficient (Wildman–Crippen LogP) is 8.70. The van der Waals surface area contributed by atoms with Crippen molar-refractivity contribution in [2.75, 3.05) is 6.61 Å². The third kappa shape index (κ3) is 5.16. The molecule has 0 bridgehead atoms. The van der Waals surface area contributed by atoms with Crippen molar-refractivity contribution in [3.63, 3.8) is 0 Å². The minimum atomic E-state index is -0.795. The van der Waals surface area contributed by atoms with Crippen LogP contribution in [0.25, 0.3) is 32.3 Å². The van der Waals surface area contributed by atoms with Crippen molar-refractivity contribution in [3.05, 3.63) is 60.2 Å². The minimum absolute atomic E-state index is 0.179. The van der Waals surface area contributed by atoms with Gasteiger partial charge in [-0.2, -0.15) is 0 Å². The van der Waals surface area contributed by atoms with Gasteiger partial charge in [-0.1, -0.05) is 89.1 Å². The van der Waals surface area contributed by atoms with E-state index in [9.17, 15) is 9.59 Å². The van der Waals surface area contributed by atoms with Crippen LogP contribution in [0.3, 0.4) is 0 Å². The van der Waals surface area contributed by atoms with E-state index in [0.717, 1.165) is 46.2 Å². The summed E-state index contributed by atoms with van der Waals surface area (Å²) in [4.78, 5) is 26.6. The Morgan fingerprint density at radius 1 is 0.784 bits per heavy atom. The molecule has 4 heteroatoms. The zero-order valence-electron chi connectivity index (χ0n) is 23.4. The van der Waals surface area contributed by atoms with E-state index in [4.69, 9.17) is 9.47 Å². The molecule has 0 saturated carbocycles. The summed E-state index contributed by atoms with van der Waals surface area (Å²) in [7, 11) is 0. The van der Waals surface area contributed by atoms with Crippen LogP contribution in [0.2, 0.25) is 0 Å². The van der Waals surface area contributed by atoms with Crippen LogP contribution in [0.15, 0.2) is 54.6 Å². The largest absolute Gasteiger partial charge is 0.465 e. The lowest BCUT2D eigenvalue weighted by atomic mass is 9.65. The lowest BCUT2D eigenvalue weighted by Gasteiger charge is -2.40. The van der Waals surface area contributed by atoms with E-state index in [-0.39, 0.29) is 24.0 Å². The van der Waals surface area contributed by atoms with Gasteiger partial charge in [-0.05, 0) is 71.0 Å². The molecule has 37 heavy (non-hydrogen) atoms. The lowest BCUT2D eigenvalue weighted by molar-refractivity contribution is -0.163. The number of ether oxygens (including phenoxy) is 2. The van der Waals surface area contributed by atoms with E-state index in [2.05, 4.69) is 52.0 Å². The first kappa shape index (κ1) is 26.9. The Morgan fingerprint density at radius 3 is 2.05 bits per heavy atom. The number of esters is 2. The summed E-state index contributed by atoms with van der Waals surface area (Å²) in [6, 6.07) is 18.4. The molecule has 0 aromatic heterocycles. The highest BCUT2D eigenvalue weighted by atomic mass is 16.6. The SMILES string of the molecule is CCCCC(C)(C(=O)OCCC(C)(C)OC(=O)c1cc2cccc3ccc4cccc1c4c32)C(C)(C)C. The monoisotopic (exact) mass is 500 g/mol. The second-order valence-electron chi connectivity index (χ2n) is 12.2. The number of carbonyl (C=O) groups is 2. The summed E-state index contributed by atoms with van der Waals surface area (Å²) >= 11 is 0. The minimum Gasteiger partial charge on any atom is -0.465 e. The molecule has 0 aliphatic heterocycles. The van der Waals surface area contributed by atoms with E-state index in [1.165, 1.54) is 5.39 Å². The molecule has 0 aliphatic carbocycles. The van der Waals surface area contributed by atoms with Gasteiger partial charge in [0.15, 0.2) is 0 Å². The van der Waals surface area contributed by atoms with E-state index in [0.29, 0.717) is 12.0 Å². The van der Waals surface area contributed by atoms with Gasteiger partial charge in [0.1, 0.15) is 5.60 Å². The van der Waals surface area contributed by atoms with Crippen LogP contribution in [0, 0.1) is 10.8 Å². The van der Waals surface area contributed by atoms with E-state index in [1.807, 2.05) is 51.1 Å². The normalized spacial score (nSPS) is 14.2. The molecule has 1 atom stereocenters. The molecular weight excluding hydrogens is 460 g/mol. The van der Waals surface area contributed by atoms with Crippen LogP contribution >= 0.6 is 0 Å². The molecule has 0 heterocycles. The predicted molar refractivity (Wildman–Crippen MR) is 152 cm³/mol. The van der Waals surface area contributed by atoms with Crippen LogP contribution in [0.1, 0.15) is 84.5 Å². The number of benzene rings is 4. The van der Waals surface area contributed by atoms with Gasteiger partial charge in [-0.25, -0.2) is 4.79 Å². The number of hydrogen-bond donors (Lipinski definition) is 0. The summed E-state index contributed by atoms with van der Waals surface area (Å²) in [6.45, 7) is 14.4. The lowest BCUT2D eigenvalue weighted by Crippen LogP contribution is -2.42. The van der Waals surface area contributed by atoms with Crippen LogP contribution < -0.4 is 0 Å². The van der Waals surface area contributed by atoms with Gasteiger partial charge in [0, 0.05) is 6.42 Å². The Labute approximate surface area is 220 Å². The van der Waals surface area contributed by atoms with E-state index >= 15 is 0 Å². The fraction of sp³-hybridized carbons (Fsp3) is 0.455. The highest BCUT2D eigenvalue weighted by Gasteiger charge is 2.45. The van der Waals surface area contributed by atoms with Crippen molar-refractivity contribution >= 4 is 44.3 Å². The number of unbranched alkanes of at least 4 members (excludes halogenated alkanes) is 1. The second kappa shape index (κ2) is 9.96. The fourth-order valence-electron chi connectivity index (χ4n) is 5.15. The maximum Gasteiger partial charge on any atom is 0.339 e. The number of rotatable bonds is 9. The molecule has 4 aromatic rings. The molecular formula is C33H40O4. The summed E-state index contributed by atoms with van der Waals surface area (Å²) < 4.78 is 11.8. The highest BCUT2D eigenvalue weighted by Crippen LogP contribution is 2.44. The molecule has 0 saturated heterocycles. The van der Waals surface area contributed by atoms with Gasteiger partial charge < -0.3 is 9.47 Å². The smallest absolute Gasteiger partial charge is 0.339 e. The van der Waals surface area contributed by atoms with Crippen LogP contribution in [-0.4, -0.2) is 24.1 Å². The molecule has 0 amide bonds. The van der Waals surface area contributed by atoms with Gasteiger partial charge >= 0.3 is 11.9 Å². The average molecular weight is 501 g/mol. The summed E-state index contributed by atoms with van der Waals surface area (Å²) in [5, 5.41) is 6.44. The zero-order valence-corrected chi connectivity index (χ0v) is 23.4. The third-order valence-corrected chi connectivity index (χ3v) is 8.17. The van der Waals surface area contributed by atoms with Crippen LogP contribution in [0.4, 0.5) is 0 Å². The molecule has 4 aromatic carbocycles. The molecule has 0 radical (unpaired) electrons. The Balaban J connectivity index is 1.51. The highest BCUT2D eigenvalue weighted by molar-refractivity contribution is 6.26. The molecule has 0 spiro atoms. The topological polar surface area (TPSA) is 52.6 Å². The van der Waals surface area contributed by atoms with Crippen molar-refractivity contribution in [3.8, 4) is 0 Å². The fourth-order valence-corrected chi connectivity index (χ4v) is 5.15. The third-order valence-electron chi connectivity index (χ3n) is 8.17. The van der Waals surface area contributed by atoms with Crippen LogP contribution in [0.5, 0.6) is 0 Å². The summed E-state index contributed by atoms with van der Waals surface area (Å²) in [6.07, 6.45) is 3.22. The molecule has 196 valence electrons. The van der Waals surface area contributed by atoms with Crippen molar-refractivity contribution in [1.82, 2.24) is 0 Å². The maximum absolute atomic E-state index is 13.5. The van der Waals surface area contributed by atoms with Crippen molar-refractivity contribution in [2.45, 2.75) is 79.8 Å². The first-order chi connectivity index (χ1) is 17.4. The zero-order chi connectivity index (χ0) is 27.0. The average Bonchev–Trinajstić information content (AvgIpc) is 2.84. The van der Waals surface area contributed by atoms with Gasteiger partial charge in [0.25, 0.3) is 0 Å². The quantitative estimate of drug-likeness (QED) is 0.170. The molecule has 4 rings (SSSR count). The van der Waals surface area contributed by atoms with Crippen molar-refractivity contribution < 1.29 is 19.1 Å². The van der Waals surface area contributed by atoms with E-state index in [1.54, 1.807) is 0 Å².